The van der Waals surface area contributed by atoms with Crippen LogP contribution in [-0.2, 0) is 16.1 Å². The molecule has 1 aliphatic rings. The van der Waals surface area contributed by atoms with Crippen molar-refractivity contribution in [3.8, 4) is 11.4 Å². The van der Waals surface area contributed by atoms with E-state index in [1.165, 1.54) is 4.80 Å². The number of hydrogen-bond acceptors (Lipinski definition) is 6. The molecule has 3 heterocycles. The molecule has 0 spiro atoms. The first kappa shape index (κ1) is 17.3. The fourth-order valence-electron chi connectivity index (χ4n) is 2.97. The summed E-state index contributed by atoms with van der Waals surface area (Å²) in [6, 6.07) is 8.92. The molecule has 1 aliphatic heterocycles. The second-order valence-corrected chi connectivity index (χ2v) is 6.55. The van der Waals surface area contributed by atoms with E-state index in [0.29, 0.717) is 18.1 Å². The van der Waals surface area contributed by atoms with Crippen LogP contribution in [0.3, 0.4) is 0 Å². The number of benzene rings is 1. The molecule has 9 nitrogen and oxygen atoms in total. The first-order valence-corrected chi connectivity index (χ1v) is 8.99. The lowest BCUT2D eigenvalue weighted by atomic mass is 10.2. The van der Waals surface area contributed by atoms with Gasteiger partial charge in [0.1, 0.15) is 6.04 Å². The Morgan fingerprint density at radius 3 is 3.00 bits per heavy atom. The lowest BCUT2D eigenvalue weighted by Crippen LogP contribution is -2.25. The van der Waals surface area contributed by atoms with Crippen LogP contribution in [0.1, 0.15) is 25.8 Å². The molecule has 3 aromatic rings. The Balaban J connectivity index is 1.38. The van der Waals surface area contributed by atoms with Gasteiger partial charge < -0.3 is 10.1 Å². The van der Waals surface area contributed by atoms with Crippen molar-refractivity contribution in [3.63, 3.8) is 0 Å². The first-order valence-electron chi connectivity index (χ1n) is 8.99. The van der Waals surface area contributed by atoms with Crippen molar-refractivity contribution in [2.45, 2.75) is 38.5 Å². The molecule has 2 aromatic heterocycles. The summed E-state index contributed by atoms with van der Waals surface area (Å²) in [6.07, 6.45) is 5.76. The quantitative estimate of drug-likeness (QED) is 0.714. The summed E-state index contributed by atoms with van der Waals surface area (Å²) in [5.41, 5.74) is 1.49. The van der Waals surface area contributed by atoms with Crippen molar-refractivity contribution in [2.24, 2.45) is 0 Å². The van der Waals surface area contributed by atoms with E-state index >= 15 is 0 Å². The van der Waals surface area contributed by atoms with E-state index in [2.05, 4.69) is 25.8 Å². The molecule has 9 heteroatoms. The van der Waals surface area contributed by atoms with E-state index < -0.39 is 6.04 Å². The largest absolute Gasteiger partial charge is 0.376 e. The highest BCUT2D eigenvalue weighted by Crippen LogP contribution is 2.17. The van der Waals surface area contributed by atoms with Crippen LogP contribution in [-0.4, -0.2) is 48.6 Å². The average Bonchev–Trinajstić information content (AvgIpc) is 3.44. The molecule has 4 rings (SSSR count). The molecule has 1 aromatic carbocycles. The molecular formula is C18H21N7O2. The van der Waals surface area contributed by atoms with E-state index in [4.69, 9.17) is 4.74 Å². The zero-order valence-electron chi connectivity index (χ0n) is 15.0. The number of anilines is 1. The highest BCUT2D eigenvalue weighted by atomic mass is 16.5. The molecule has 1 fully saturated rings. The molecule has 0 saturated carbocycles. The van der Waals surface area contributed by atoms with Crippen molar-refractivity contribution >= 4 is 11.6 Å². The molecule has 2 unspecified atom stereocenters. The Labute approximate surface area is 156 Å². The van der Waals surface area contributed by atoms with E-state index in [0.717, 1.165) is 25.0 Å². The SMILES string of the molecule is CC(C(=O)Nc1cnn(CC2CCCO2)c1)n1nnc(-c2ccccc2)n1. The van der Waals surface area contributed by atoms with Crippen molar-refractivity contribution in [1.82, 2.24) is 30.0 Å². The van der Waals surface area contributed by atoms with Crippen LogP contribution in [0.25, 0.3) is 11.4 Å². The second-order valence-electron chi connectivity index (χ2n) is 6.55. The van der Waals surface area contributed by atoms with Crippen LogP contribution in [0, 0.1) is 0 Å². The van der Waals surface area contributed by atoms with Crippen LogP contribution in [0.5, 0.6) is 0 Å². The number of rotatable bonds is 6. The molecule has 2 atom stereocenters. The Bertz CT molecular complexity index is 899. The third kappa shape index (κ3) is 4.03. The molecule has 1 saturated heterocycles. The fourth-order valence-corrected chi connectivity index (χ4v) is 2.97. The first-order chi connectivity index (χ1) is 13.2. The van der Waals surface area contributed by atoms with E-state index in [-0.39, 0.29) is 12.0 Å². The highest BCUT2D eigenvalue weighted by Gasteiger charge is 2.20. The minimum atomic E-state index is -0.600. The van der Waals surface area contributed by atoms with E-state index in [9.17, 15) is 4.79 Å². The van der Waals surface area contributed by atoms with Crippen LogP contribution >= 0.6 is 0 Å². The zero-order chi connectivity index (χ0) is 18.6. The molecule has 140 valence electrons. The van der Waals surface area contributed by atoms with Gasteiger partial charge in [0.05, 0.1) is 24.5 Å². The third-order valence-electron chi connectivity index (χ3n) is 4.50. The van der Waals surface area contributed by atoms with Gasteiger partial charge in [-0.25, -0.2) is 0 Å². The molecular weight excluding hydrogens is 346 g/mol. The maximum atomic E-state index is 12.5. The molecule has 1 N–H and O–H groups in total. The summed E-state index contributed by atoms with van der Waals surface area (Å²) >= 11 is 0. The van der Waals surface area contributed by atoms with Gasteiger partial charge in [-0.05, 0) is 25.0 Å². The number of amides is 1. The number of tetrazole rings is 1. The number of carbonyl (C=O) groups excluding carboxylic acids is 1. The predicted molar refractivity (Wildman–Crippen MR) is 97.8 cm³/mol. The van der Waals surface area contributed by atoms with Crippen LogP contribution in [0.15, 0.2) is 42.7 Å². The van der Waals surface area contributed by atoms with Crippen molar-refractivity contribution in [2.75, 3.05) is 11.9 Å². The van der Waals surface area contributed by atoms with E-state index in [1.54, 1.807) is 24.0 Å². The Morgan fingerprint density at radius 2 is 2.22 bits per heavy atom. The van der Waals surface area contributed by atoms with Gasteiger partial charge in [-0.3, -0.25) is 9.48 Å². The molecule has 0 bridgehead atoms. The maximum Gasteiger partial charge on any atom is 0.250 e. The van der Waals surface area contributed by atoms with Gasteiger partial charge >= 0.3 is 0 Å². The fraction of sp³-hybridized carbons (Fsp3) is 0.389. The number of nitrogens with zero attached hydrogens (tertiary/aromatic N) is 6. The zero-order valence-corrected chi connectivity index (χ0v) is 15.0. The number of nitrogens with one attached hydrogen (secondary N) is 1. The predicted octanol–water partition coefficient (Wildman–Crippen LogP) is 1.92. The summed E-state index contributed by atoms with van der Waals surface area (Å²) < 4.78 is 7.40. The third-order valence-corrected chi connectivity index (χ3v) is 4.50. The van der Waals surface area contributed by atoms with Crippen LogP contribution in [0.4, 0.5) is 5.69 Å². The molecule has 27 heavy (non-hydrogen) atoms. The summed E-state index contributed by atoms with van der Waals surface area (Å²) in [7, 11) is 0. The van der Waals surface area contributed by atoms with Gasteiger partial charge in [0.2, 0.25) is 5.82 Å². The van der Waals surface area contributed by atoms with Crippen molar-refractivity contribution in [1.29, 1.82) is 0 Å². The standard InChI is InChI=1S/C18H21N7O2/c1-13(25-22-17(21-23-25)14-6-3-2-4-7-14)18(26)20-15-10-19-24(11-15)12-16-8-5-9-27-16/h2-4,6-7,10-11,13,16H,5,8-9,12H2,1H3,(H,20,26). The maximum absolute atomic E-state index is 12.5. The minimum Gasteiger partial charge on any atom is -0.376 e. The van der Waals surface area contributed by atoms with Crippen molar-refractivity contribution < 1.29 is 9.53 Å². The average molecular weight is 367 g/mol. The van der Waals surface area contributed by atoms with Crippen LogP contribution in [0.2, 0.25) is 0 Å². The Kier molecular flexibility index (Phi) is 4.93. The van der Waals surface area contributed by atoms with Gasteiger partial charge in [-0.15, -0.1) is 10.2 Å². The van der Waals surface area contributed by atoms with Gasteiger partial charge in [0.25, 0.3) is 5.91 Å². The summed E-state index contributed by atoms with van der Waals surface area (Å²) in [5, 5.41) is 19.5. The number of ether oxygens (including phenoxy) is 1. The Morgan fingerprint density at radius 1 is 1.37 bits per heavy atom. The normalized spacial score (nSPS) is 17.7. The molecule has 0 radical (unpaired) electrons. The second kappa shape index (κ2) is 7.67. The minimum absolute atomic E-state index is 0.197. The summed E-state index contributed by atoms with van der Waals surface area (Å²) in [4.78, 5) is 13.8. The van der Waals surface area contributed by atoms with Gasteiger partial charge in [-0.1, -0.05) is 30.3 Å². The topological polar surface area (TPSA) is 99.8 Å². The van der Waals surface area contributed by atoms with E-state index in [1.807, 2.05) is 30.3 Å². The van der Waals surface area contributed by atoms with Gasteiger partial charge in [0, 0.05) is 18.4 Å². The van der Waals surface area contributed by atoms with Crippen molar-refractivity contribution in [3.05, 3.63) is 42.7 Å². The lowest BCUT2D eigenvalue weighted by Gasteiger charge is -2.10. The smallest absolute Gasteiger partial charge is 0.250 e. The molecule has 0 aliphatic carbocycles. The summed E-state index contributed by atoms with van der Waals surface area (Å²) in [5.74, 6) is 0.253. The molecule has 1 amide bonds. The lowest BCUT2D eigenvalue weighted by molar-refractivity contribution is -0.119. The van der Waals surface area contributed by atoms with Gasteiger partial charge in [-0.2, -0.15) is 9.90 Å². The number of aromatic nitrogens is 6. The summed E-state index contributed by atoms with van der Waals surface area (Å²) in [6.45, 7) is 3.22. The van der Waals surface area contributed by atoms with Gasteiger partial charge in [0.15, 0.2) is 0 Å². The van der Waals surface area contributed by atoms with Crippen LogP contribution < -0.4 is 5.32 Å². The number of carbonyl (C=O) groups is 1. The highest BCUT2D eigenvalue weighted by molar-refractivity contribution is 5.93. The monoisotopic (exact) mass is 367 g/mol. The number of hydrogen-bond donors (Lipinski definition) is 1. The Hall–Kier alpha value is -3.07.